The SMILES string of the molecule is CCn1c(=O)oc2cc(S(=O)(=O)N3CCC(CC(=O)Nc4cccc(C(C)=O)c4)CC3)ccc21. The quantitative estimate of drug-likeness (QED) is 0.513. The van der Waals surface area contributed by atoms with Crippen molar-refractivity contribution < 1.29 is 22.4 Å². The minimum absolute atomic E-state index is 0.0570. The summed E-state index contributed by atoms with van der Waals surface area (Å²) in [6.45, 7) is 4.32. The fraction of sp³-hybridized carbons (Fsp3) is 0.375. The van der Waals surface area contributed by atoms with Crippen molar-refractivity contribution in [3.63, 3.8) is 0 Å². The predicted molar refractivity (Wildman–Crippen MR) is 127 cm³/mol. The number of benzene rings is 2. The number of anilines is 1. The highest BCUT2D eigenvalue weighted by Crippen LogP contribution is 2.27. The summed E-state index contributed by atoms with van der Waals surface area (Å²) in [5.41, 5.74) is 1.90. The molecule has 1 amide bonds. The average molecular weight is 486 g/mol. The van der Waals surface area contributed by atoms with Gasteiger partial charge in [-0.05, 0) is 56.9 Å². The average Bonchev–Trinajstić information content (AvgIpc) is 3.13. The van der Waals surface area contributed by atoms with Gasteiger partial charge >= 0.3 is 5.76 Å². The van der Waals surface area contributed by atoms with Crippen LogP contribution in [0, 0.1) is 5.92 Å². The van der Waals surface area contributed by atoms with E-state index in [0.717, 1.165) is 0 Å². The number of ketones is 1. The number of fused-ring (bicyclic) bond motifs is 1. The molecule has 1 N–H and O–H groups in total. The maximum Gasteiger partial charge on any atom is 0.419 e. The van der Waals surface area contributed by atoms with E-state index in [1.54, 1.807) is 30.3 Å². The fourth-order valence-electron chi connectivity index (χ4n) is 4.30. The lowest BCUT2D eigenvalue weighted by atomic mass is 9.94. The summed E-state index contributed by atoms with van der Waals surface area (Å²) in [7, 11) is -3.75. The first-order chi connectivity index (χ1) is 16.2. The van der Waals surface area contributed by atoms with Gasteiger partial charge in [-0.3, -0.25) is 14.2 Å². The van der Waals surface area contributed by atoms with Gasteiger partial charge in [0.15, 0.2) is 11.4 Å². The van der Waals surface area contributed by atoms with Crippen LogP contribution in [0.15, 0.2) is 56.6 Å². The third-order valence-electron chi connectivity index (χ3n) is 6.19. The molecular formula is C24H27N3O6S. The van der Waals surface area contributed by atoms with Gasteiger partial charge in [-0.15, -0.1) is 0 Å². The molecule has 0 atom stereocenters. The first-order valence-corrected chi connectivity index (χ1v) is 12.7. The number of hydrogen-bond donors (Lipinski definition) is 1. The van der Waals surface area contributed by atoms with E-state index < -0.39 is 15.8 Å². The number of piperidine rings is 1. The standard InChI is InChI=1S/C24H27N3O6S/c1-3-27-21-8-7-20(15-22(21)33-24(27)30)34(31,32)26-11-9-17(10-12-26)13-23(29)25-19-6-4-5-18(14-19)16(2)28/h4-8,14-15,17H,3,9-13H2,1-2H3,(H,25,29). The molecule has 0 bridgehead atoms. The third-order valence-corrected chi connectivity index (χ3v) is 8.09. The van der Waals surface area contributed by atoms with Gasteiger partial charge < -0.3 is 9.73 Å². The van der Waals surface area contributed by atoms with Crippen molar-refractivity contribution in [2.45, 2.75) is 44.6 Å². The molecule has 180 valence electrons. The van der Waals surface area contributed by atoms with Crippen LogP contribution in [0.25, 0.3) is 11.1 Å². The van der Waals surface area contributed by atoms with Crippen LogP contribution in [0.4, 0.5) is 5.69 Å². The van der Waals surface area contributed by atoms with Crippen molar-refractivity contribution in [2.75, 3.05) is 18.4 Å². The van der Waals surface area contributed by atoms with Crippen LogP contribution >= 0.6 is 0 Å². The van der Waals surface area contributed by atoms with E-state index in [4.69, 9.17) is 4.42 Å². The summed E-state index contributed by atoms with van der Waals surface area (Å²) >= 11 is 0. The van der Waals surface area contributed by atoms with Gasteiger partial charge in [0.25, 0.3) is 0 Å². The Labute approximate surface area is 197 Å². The Morgan fingerprint density at radius 2 is 1.85 bits per heavy atom. The summed E-state index contributed by atoms with van der Waals surface area (Å²) in [6, 6.07) is 11.3. The van der Waals surface area contributed by atoms with Crippen molar-refractivity contribution in [1.82, 2.24) is 8.87 Å². The molecule has 1 aromatic heterocycles. The van der Waals surface area contributed by atoms with E-state index in [-0.39, 0.29) is 34.5 Å². The number of aryl methyl sites for hydroxylation is 1. The molecular weight excluding hydrogens is 458 g/mol. The molecule has 4 rings (SSSR count). The van der Waals surface area contributed by atoms with E-state index in [1.165, 1.54) is 27.9 Å². The second kappa shape index (κ2) is 9.55. The number of oxazole rings is 1. The fourth-order valence-corrected chi connectivity index (χ4v) is 5.79. The maximum atomic E-state index is 13.1. The number of amides is 1. The minimum atomic E-state index is -3.75. The number of aromatic nitrogens is 1. The zero-order valence-corrected chi connectivity index (χ0v) is 19.9. The Morgan fingerprint density at radius 3 is 2.53 bits per heavy atom. The van der Waals surface area contributed by atoms with Gasteiger partial charge in [0.05, 0.1) is 10.4 Å². The molecule has 1 saturated heterocycles. The van der Waals surface area contributed by atoms with Crippen molar-refractivity contribution in [3.8, 4) is 0 Å². The second-order valence-electron chi connectivity index (χ2n) is 8.48. The molecule has 10 heteroatoms. The van der Waals surface area contributed by atoms with Crippen molar-refractivity contribution >= 4 is 38.5 Å². The van der Waals surface area contributed by atoms with Crippen molar-refractivity contribution in [2.24, 2.45) is 5.92 Å². The Hall–Kier alpha value is -3.24. The van der Waals surface area contributed by atoms with Crippen LogP contribution in [-0.2, 0) is 21.4 Å². The number of rotatable bonds is 7. The Balaban J connectivity index is 1.38. The highest BCUT2D eigenvalue weighted by Gasteiger charge is 2.30. The lowest BCUT2D eigenvalue weighted by Crippen LogP contribution is -2.39. The summed E-state index contributed by atoms with van der Waals surface area (Å²) in [5, 5.41) is 2.82. The number of carbonyl (C=O) groups is 2. The number of Topliss-reactive ketones (excluding diaryl/α,β-unsaturated/α-hetero) is 1. The molecule has 3 aromatic rings. The number of sulfonamides is 1. The van der Waals surface area contributed by atoms with Gasteiger partial charge in [-0.2, -0.15) is 4.31 Å². The smallest absolute Gasteiger partial charge is 0.408 e. The van der Waals surface area contributed by atoms with Gasteiger partial charge in [0, 0.05) is 43.4 Å². The van der Waals surface area contributed by atoms with Crippen LogP contribution < -0.4 is 11.1 Å². The molecule has 0 unspecified atom stereocenters. The Bertz CT molecular complexity index is 1400. The number of carbonyl (C=O) groups excluding carboxylic acids is 2. The van der Waals surface area contributed by atoms with Crippen LogP contribution in [0.2, 0.25) is 0 Å². The van der Waals surface area contributed by atoms with E-state index in [0.29, 0.717) is 49.2 Å². The molecule has 2 heterocycles. The first-order valence-electron chi connectivity index (χ1n) is 11.2. The zero-order chi connectivity index (χ0) is 24.5. The summed E-state index contributed by atoms with van der Waals surface area (Å²) in [6.07, 6.45) is 1.40. The van der Waals surface area contributed by atoms with Gasteiger partial charge in [-0.25, -0.2) is 13.2 Å². The normalized spacial score (nSPS) is 15.5. The van der Waals surface area contributed by atoms with E-state index in [9.17, 15) is 22.8 Å². The summed E-state index contributed by atoms with van der Waals surface area (Å²) in [5.74, 6) is -0.697. The monoisotopic (exact) mass is 485 g/mol. The third kappa shape index (κ3) is 4.83. The largest absolute Gasteiger partial charge is 0.419 e. The van der Waals surface area contributed by atoms with Crippen LogP contribution in [0.3, 0.4) is 0 Å². The van der Waals surface area contributed by atoms with Gasteiger partial charge in [-0.1, -0.05) is 12.1 Å². The summed E-state index contributed by atoms with van der Waals surface area (Å²) in [4.78, 5) is 36.0. The van der Waals surface area contributed by atoms with E-state index in [1.807, 2.05) is 6.92 Å². The first kappa shape index (κ1) is 23.9. The second-order valence-corrected chi connectivity index (χ2v) is 10.4. The minimum Gasteiger partial charge on any atom is -0.408 e. The van der Waals surface area contributed by atoms with Crippen molar-refractivity contribution in [1.29, 1.82) is 0 Å². The molecule has 0 aliphatic carbocycles. The topological polar surface area (TPSA) is 119 Å². The molecule has 34 heavy (non-hydrogen) atoms. The molecule has 9 nitrogen and oxygen atoms in total. The molecule has 1 aliphatic heterocycles. The van der Waals surface area contributed by atoms with E-state index in [2.05, 4.69) is 5.32 Å². The lowest BCUT2D eigenvalue weighted by Gasteiger charge is -2.31. The van der Waals surface area contributed by atoms with E-state index >= 15 is 0 Å². The molecule has 0 radical (unpaired) electrons. The van der Waals surface area contributed by atoms with Crippen molar-refractivity contribution in [3.05, 3.63) is 58.6 Å². The van der Waals surface area contributed by atoms with Crippen LogP contribution in [-0.4, -0.2) is 42.1 Å². The number of nitrogens with one attached hydrogen (secondary N) is 1. The Kier molecular flexibility index (Phi) is 6.72. The number of nitrogens with zero attached hydrogens (tertiary/aromatic N) is 2. The van der Waals surface area contributed by atoms with Crippen LogP contribution in [0.1, 0.15) is 43.5 Å². The van der Waals surface area contributed by atoms with Gasteiger partial charge in [0.1, 0.15) is 0 Å². The molecule has 1 aliphatic rings. The molecule has 1 fully saturated rings. The maximum absolute atomic E-state index is 13.1. The Morgan fingerprint density at radius 1 is 1.12 bits per heavy atom. The molecule has 0 spiro atoms. The summed E-state index contributed by atoms with van der Waals surface area (Å²) < 4.78 is 34.3. The highest BCUT2D eigenvalue weighted by molar-refractivity contribution is 7.89. The van der Waals surface area contributed by atoms with Crippen LogP contribution in [0.5, 0.6) is 0 Å². The molecule has 0 saturated carbocycles. The predicted octanol–water partition coefficient (Wildman–Crippen LogP) is 3.25. The lowest BCUT2D eigenvalue weighted by molar-refractivity contribution is -0.117. The highest BCUT2D eigenvalue weighted by atomic mass is 32.2. The van der Waals surface area contributed by atoms with Gasteiger partial charge in [0.2, 0.25) is 15.9 Å². The number of hydrogen-bond acceptors (Lipinski definition) is 6. The molecule has 2 aromatic carbocycles. The zero-order valence-electron chi connectivity index (χ0n) is 19.1.